The summed E-state index contributed by atoms with van der Waals surface area (Å²) in [5.41, 5.74) is 2.63. The Hall–Kier alpha value is -1.09. The largest absolute Gasteiger partial charge is 0.354 e. The standard InChI is InChI=1S/C18H31N3/c1-5-7-17-11-15(13-19-16-8-9-16)12-18(20-17)21(10-6-2)14(3)4/h11-12,14,16,19H,5-10,13H2,1-4H3. The number of aryl methyl sites for hydroxylation is 1. The molecule has 0 spiro atoms. The van der Waals surface area contributed by atoms with Crippen LogP contribution in [-0.2, 0) is 13.0 Å². The number of pyridine rings is 1. The van der Waals surface area contributed by atoms with Crippen molar-refractivity contribution in [1.29, 1.82) is 0 Å². The number of anilines is 1. The minimum Gasteiger partial charge on any atom is -0.354 e. The van der Waals surface area contributed by atoms with E-state index < -0.39 is 0 Å². The van der Waals surface area contributed by atoms with Crippen molar-refractivity contribution in [3.8, 4) is 0 Å². The number of nitrogens with zero attached hydrogens (tertiary/aromatic N) is 2. The number of hydrogen-bond acceptors (Lipinski definition) is 3. The fourth-order valence-electron chi connectivity index (χ4n) is 2.69. The van der Waals surface area contributed by atoms with Crippen LogP contribution in [0.15, 0.2) is 12.1 Å². The highest BCUT2D eigenvalue weighted by molar-refractivity contribution is 5.43. The Morgan fingerprint density at radius 1 is 1.24 bits per heavy atom. The maximum atomic E-state index is 4.90. The third-order valence-electron chi connectivity index (χ3n) is 3.99. The predicted octanol–water partition coefficient (Wildman–Crippen LogP) is 3.91. The zero-order chi connectivity index (χ0) is 15.2. The summed E-state index contributed by atoms with van der Waals surface area (Å²) in [6, 6.07) is 5.82. The molecule has 3 heteroatoms. The van der Waals surface area contributed by atoms with Crippen LogP contribution in [0.1, 0.15) is 64.6 Å². The lowest BCUT2D eigenvalue weighted by Gasteiger charge is -2.28. The summed E-state index contributed by atoms with van der Waals surface area (Å²) in [6.07, 6.45) is 6.07. The van der Waals surface area contributed by atoms with Gasteiger partial charge in [0.1, 0.15) is 5.82 Å². The van der Waals surface area contributed by atoms with E-state index in [0.717, 1.165) is 44.2 Å². The van der Waals surface area contributed by atoms with Crippen LogP contribution in [0.25, 0.3) is 0 Å². The van der Waals surface area contributed by atoms with E-state index in [9.17, 15) is 0 Å². The normalized spacial score (nSPS) is 14.7. The summed E-state index contributed by atoms with van der Waals surface area (Å²) in [5.74, 6) is 1.16. The average Bonchev–Trinajstić information content (AvgIpc) is 3.26. The van der Waals surface area contributed by atoms with Crippen molar-refractivity contribution in [3.63, 3.8) is 0 Å². The molecular formula is C18H31N3. The highest BCUT2D eigenvalue weighted by Gasteiger charge is 2.20. The van der Waals surface area contributed by atoms with Gasteiger partial charge in [0, 0.05) is 30.9 Å². The summed E-state index contributed by atoms with van der Waals surface area (Å²) in [4.78, 5) is 7.33. The second kappa shape index (κ2) is 7.79. The molecule has 1 heterocycles. The summed E-state index contributed by atoms with van der Waals surface area (Å²) in [6.45, 7) is 11.0. The van der Waals surface area contributed by atoms with Gasteiger partial charge in [-0.3, -0.25) is 0 Å². The Balaban J connectivity index is 2.19. The molecule has 0 aliphatic heterocycles. The van der Waals surface area contributed by atoms with E-state index in [1.165, 1.54) is 24.1 Å². The van der Waals surface area contributed by atoms with E-state index >= 15 is 0 Å². The topological polar surface area (TPSA) is 28.2 Å². The van der Waals surface area contributed by atoms with Gasteiger partial charge in [0.15, 0.2) is 0 Å². The third kappa shape index (κ3) is 4.99. The molecule has 118 valence electrons. The van der Waals surface area contributed by atoms with Gasteiger partial charge in [0.2, 0.25) is 0 Å². The van der Waals surface area contributed by atoms with Crippen molar-refractivity contribution in [3.05, 3.63) is 23.4 Å². The molecule has 1 N–H and O–H groups in total. The van der Waals surface area contributed by atoms with Crippen LogP contribution in [0.2, 0.25) is 0 Å². The minimum absolute atomic E-state index is 0.499. The van der Waals surface area contributed by atoms with E-state index in [2.05, 4.69) is 50.0 Å². The first-order valence-electron chi connectivity index (χ1n) is 8.63. The van der Waals surface area contributed by atoms with Crippen LogP contribution >= 0.6 is 0 Å². The predicted molar refractivity (Wildman–Crippen MR) is 90.9 cm³/mol. The Kier molecular flexibility index (Phi) is 6.04. The van der Waals surface area contributed by atoms with Gasteiger partial charge in [-0.05, 0) is 57.2 Å². The number of aromatic nitrogens is 1. The molecule has 0 bridgehead atoms. The van der Waals surface area contributed by atoms with Crippen molar-refractivity contribution >= 4 is 5.82 Å². The van der Waals surface area contributed by atoms with Crippen LogP contribution in [-0.4, -0.2) is 23.6 Å². The number of nitrogens with one attached hydrogen (secondary N) is 1. The molecule has 1 fully saturated rings. The summed E-state index contributed by atoms with van der Waals surface area (Å²) in [7, 11) is 0. The molecule has 0 unspecified atom stereocenters. The van der Waals surface area contributed by atoms with Gasteiger partial charge in [0.25, 0.3) is 0 Å². The molecule has 21 heavy (non-hydrogen) atoms. The number of hydrogen-bond donors (Lipinski definition) is 1. The lowest BCUT2D eigenvalue weighted by atomic mass is 10.1. The minimum atomic E-state index is 0.499. The molecule has 0 atom stereocenters. The van der Waals surface area contributed by atoms with Gasteiger partial charge in [0.05, 0.1) is 0 Å². The second-order valence-electron chi connectivity index (χ2n) is 6.52. The lowest BCUT2D eigenvalue weighted by molar-refractivity contribution is 0.653. The maximum absolute atomic E-state index is 4.90. The lowest BCUT2D eigenvalue weighted by Crippen LogP contribution is -2.32. The summed E-state index contributed by atoms with van der Waals surface area (Å²) >= 11 is 0. The van der Waals surface area contributed by atoms with E-state index in [-0.39, 0.29) is 0 Å². The quantitative estimate of drug-likeness (QED) is 0.747. The smallest absolute Gasteiger partial charge is 0.129 e. The van der Waals surface area contributed by atoms with Crippen molar-refractivity contribution in [2.45, 2.75) is 78.4 Å². The zero-order valence-electron chi connectivity index (χ0n) is 14.2. The van der Waals surface area contributed by atoms with E-state index in [1.807, 2.05) is 0 Å². The zero-order valence-corrected chi connectivity index (χ0v) is 14.2. The monoisotopic (exact) mass is 289 g/mol. The van der Waals surface area contributed by atoms with Gasteiger partial charge in [-0.25, -0.2) is 4.98 Å². The van der Waals surface area contributed by atoms with E-state index in [4.69, 9.17) is 4.98 Å². The molecule has 1 saturated carbocycles. The fourth-order valence-corrected chi connectivity index (χ4v) is 2.69. The Bertz CT molecular complexity index is 438. The van der Waals surface area contributed by atoms with Gasteiger partial charge in [-0.2, -0.15) is 0 Å². The van der Waals surface area contributed by atoms with E-state index in [1.54, 1.807) is 0 Å². The number of rotatable bonds is 9. The van der Waals surface area contributed by atoms with Gasteiger partial charge in [-0.15, -0.1) is 0 Å². The van der Waals surface area contributed by atoms with Gasteiger partial charge < -0.3 is 10.2 Å². The molecule has 0 saturated heterocycles. The first-order valence-corrected chi connectivity index (χ1v) is 8.63. The SMILES string of the molecule is CCCc1cc(CNC2CC2)cc(N(CCC)C(C)C)n1. The molecule has 1 aliphatic carbocycles. The molecule has 2 rings (SSSR count). The van der Waals surface area contributed by atoms with Crippen molar-refractivity contribution in [1.82, 2.24) is 10.3 Å². The maximum Gasteiger partial charge on any atom is 0.129 e. The highest BCUT2D eigenvalue weighted by Crippen LogP contribution is 2.22. The molecule has 1 aliphatic rings. The highest BCUT2D eigenvalue weighted by atomic mass is 15.2. The second-order valence-corrected chi connectivity index (χ2v) is 6.52. The molecular weight excluding hydrogens is 258 g/mol. The Morgan fingerprint density at radius 3 is 2.57 bits per heavy atom. The van der Waals surface area contributed by atoms with Crippen LogP contribution in [0, 0.1) is 0 Å². The summed E-state index contributed by atoms with van der Waals surface area (Å²) < 4.78 is 0. The van der Waals surface area contributed by atoms with Crippen LogP contribution in [0.5, 0.6) is 0 Å². The molecule has 0 aromatic carbocycles. The molecule has 3 nitrogen and oxygen atoms in total. The van der Waals surface area contributed by atoms with Crippen molar-refractivity contribution in [2.75, 3.05) is 11.4 Å². The van der Waals surface area contributed by atoms with Crippen molar-refractivity contribution in [2.24, 2.45) is 0 Å². The first kappa shape index (κ1) is 16.3. The van der Waals surface area contributed by atoms with Crippen molar-refractivity contribution < 1.29 is 0 Å². The van der Waals surface area contributed by atoms with E-state index in [0.29, 0.717) is 6.04 Å². The third-order valence-corrected chi connectivity index (χ3v) is 3.99. The van der Waals surface area contributed by atoms with Gasteiger partial charge >= 0.3 is 0 Å². The van der Waals surface area contributed by atoms with Crippen LogP contribution < -0.4 is 10.2 Å². The molecule has 1 aromatic heterocycles. The first-order chi connectivity index (χ1) is 10.1. The average molecular weight is 289 g/mol. The summed E-state index contributed by atoms with van der Waals surface area (Å²) in [5, 5.41) is 3.62. The Labute approximate surface area is 130 Å². The molecule has 1 aromatic rings. The fraction of sp³-hybridized carbons (Fsp3) is 0.722. The molecule has 0 radical (unpaired) electrons. The van der Waals surface area contributed by atoms with Crippen LogP contribution in [0.3, 0.4) is 0 Å². The van der Waals surface area contributed by atoms with Gasteiger partial charge in [-0.1, -0.05) is 20.3 Å². The molecule has 0 amide bonds. The Morgan fingerprint density at radius 2 is 2.00 bits per heavy atom. The van der Waals surface area contributed by atoms with Crippen LogP contribution in [0.4, 0.5) is 5.82 Å².